The molecule has 0 bridgehead atoms. The van der Waals surface area contributed by atoms with Gasteiger partial charge in [-0.2, -0.15) is 0 Å². The molecule has 0 unspecified atom stereocenters. The first-order valence-electron chi connectivity index (χ1n) is 11.6. The van der Waals surface area contributed by atoms with Gasteiger partial charge in [-0.15, -0.1) is 0 Å². The standard InChI is InChI=1S/C26H32N4O3/c1-6-33-25(32)22-23(18-11-13-19(14-12-18)28(4)5)30-21-10-8-7-9-20(21)27-26(30)29(24(22)31)16-15-17(2)3/h7-14,17,22-23H,6,15-16H2,1-5H3/t22-,23-/m0/s1. The van der Waals surface area contributed by atoms with Gasteiger partial charge in [-0.1, -0.05) is 38.1 Å². The minimum Gasteiger partial charge on any atom is -0.465 e. The summed E-state index contributed by atoms with van der Waals surface area (Å²) in [4.78, 5) is 35.5. The second-order valence-corrected chi connectivity index (χ2v) is 9.10. The first-order valence-corrected chi connectivity index (χ1v) is 11.6. The predicted molar refractivity (Wildman–Crippen MR) is 131 cm³/mol. The van der Waals surface area contributed by atoms with Crippen LogP contribution < -0.4 is 9.80 Å². The minimum atomic E-state index is -0.979. The minimum absolute atomic E-state index is 0.221. The summed E-state index contributed by atoms with van der Waals surface area (Å²) in [5.41, 5.74) is 3.61. The summed E-state index contributed by atoms with van der Waals surface area (Å²) < 4.78 is 7.46. The number of fused-ring (bicyclic) bond motifs is 3. The molecule has 0 saturated carbocycles. The van der Waals surface area contributed by atoms with Crippen LogP contribution in [0.2, 0.25) is 0 Å². The molecule has 2 atom stereocenters. The number of carbonyl (C=O) groups excluding carboxylic acids is 2. The van der Waals surface area contributed by atoms with Crippen molar-refractivity contribution in [2.24, 2.45) is 11.8 Å². The molecule has 1 aromatic heterocycles. The number of anilines is 2. The van der Waals surface area contributed by atoms with Crippen LogP contribution in [-0.2, 0) is 14.3 Å². The molecule has 0 aliphatic carbocycles. The van der Waals surface area contributed by atoms with E-state index in [9.17, 15) is 9.59 Å². The fraction of sp³-hybridized carbons (Fsp3) is 0.423. The van der Waals surface area contributed by atoms with Gasteiger partial charge in [-0.3, -0.25) is 14.5 Å². The SMILES string of the molecule is CCOC(=O)[C@@H]1C(=O)N(CCC(C)C)c2nc3ccccc3n2[C@H]1c1ccc(N(C)C)cc1. The van der Waals surface area contributed by atoms with Crippen LogP contribution in [-0.4, -0.2) is 48.7 Å². The van der Waals surface area contributed by atoms with Gasteiger partial charge in [-0.05, 0) is 49.1 Å². The Morgan fingerprint density at radius 3 is 2.45 bits per heavy atom. The van der Waals surface area contributed by atoms with E-state index in [-0.39, 0.29) is 12.5 Å². The summed E-state index contributed by atoms with van der Waals surface area (Å²) in [5.74, 6) is -0.731. The normalized spacial score (nSPS) is 18.0. The largest absolute Gasteiger partial charge is 0.465 e. The summed E-state index contributed by atoms with van der Waals surface area (Å²) >= 11 is 0. The Labute approximate surface area is 195 Å². The van der Waals surface area contributed by atoms with Gasteiger partial charge >= 0.3 is 5.97 Å². The molecule has 3 aromatic rings. The molecule has 2 heterocycles. The van der Waals surface area contributed by atoms with E-state index < -0.39 is 17.9 Å². The number of para-hydroxylation sites is 2. The topological polar surface area (TPSA) is 67.7 Å². The Hall–Kier alpha value is -3.35. The third-order valence-corrected chi connectivity index (χ3v) is 6.17. The Morgan fingerprint density at radius 2 is 1.82 bits per heavy atom. The number of hydrogen-bond donors (Lipinski definition) is 0. The second kappa shape index (κ2) is 9.25. The Bertz CT molecular complexity index is 1150. The highest BCUT2D eigenvalue weighted by Gasteiger charge is 2.47. The van der Waals surface area contributed by atoms with Gasteiger partial charge in [0, 0.05) is 26.3 Å². The molecular weight excluding hydrogens is 416 g/mol. The van der Waals surface area contributed by atoms with Crippen LogP contribution in [0.5, 0.6) is 0 Å². The fourth-order valence-corrected chi connectivity index (χ4v) is 4.42. The lowest BCUT2D eigenvalue weighted by molar-refractivity contribution is -0.153. The van der Waals surface area contributed by atoms with Crippen molar-refractivity contribution in [3.05, 3.63) is 54.1 Å². The van der Waals surface area contributed by atoms with Crippen molar-refractivity contribution in [3.63, 3.8) is 0 Å². The van der Waals surface area contributed by atoms with Crippen LogP contribution in [0.25, 0.3) is 11.0 Å². The third kappa shape index (κ3) is 4.19. The Balaban J connectivity index is 1.93. The van der Waals surface area contributed by atoms with Gasteiger partial charge in [-0.25, -0.2) is 4.98 Å². The van der Waals surface area contributed by atoms with Gasteiger partial charge in [0.2, 0.25) is 11.9 Å². The molecule has 1 aliphatic rings. The molecule has 1 aliphatic heterocycles. The summed E-state index contributed by atoms with van der Waals surface area (Å²) in [6.45, 7) is 6.73. The molecule has 33 heavy (non-hydrogen) atoms. The third-order valence-electron chi connectivity index (χ3n) is 6.17. The number of rotatable bonds is 7. The molecule has 7 nitrogen and oxygen atoms in total. The summed E-state index contributed by atoms with van der Waals surface area (Å²) in [6, 6.07) is 15.3. The predicted octanol–water partition coefficient (Wildman–Crippen LogP) is 4.26. The number of ether oxygens (including phenoxy) is 1. The first kappa shape index (κ1) is 22.8. The van der Waals surface area contributed by atoms with Gasteiger partial charge in [0.15, 0.2) is 5.92 Å². The average molecular weight is 449 g/mol. The number of imidazole rings is 1. The summed E-state index contributed by atoms with van der Waals surface area (Å²) in [6.07, 6.45) is 0.812. The molecule has 0 fully saturated rings. The zero-order valence-electron chi connectivity index (χ0n) is 20.0. The highest BCUT2D eigenvalue weighted by molar-refractivity contribution is 6.08. The van der Waals surface area contributed by atoms with E-state index in [1.165, 1.54) is 0 Å². The number of benzene rings is 2. The first-order chi connectivity index (χ1) is 15.8. The fourth-order valence-electron chi connectivity index (χ4n) is 4.42. The molecular formula is C26H32N4O3. The number of hydrogen-bond acceptors (Lipinski definition) is 5. The van der Waals surface area contributed by atoms with Crippen LogP contribution in [0, 0.1) is 11.8 Å². The number of aromatic nitrogens is 2. The van der Waals surface area contributed by atoms with Crippen molar-refractivity contribution in [1.29, 1.82) is 0 Å². The average Bonchev–Trinajstić information content (AvgIpc) is 3.17. The zero-order valence-corrected chi connectivity index (χ0v) is 20.0. The van der Waals surface area contributed by atoms with Crippen molar-refractivity contribution in [2.75, 3.05) is 37.0 Å². The van der Waals surface area contributed by atoms with E-state index in [0.717, 1.165) is 28.7 Å². The van der Waals surface area contributed by atoms with Crippen LogP contribution in [0.4, 0.5) is 11.6 Å². The molecule has 0 N–H and O–H groups in total. The Kier molecular flexibility index (Phi) is 6.40. The van der Waals surface area contributed by atoms with E-state index in [2.05, 4.69) is 13.8 Å². The van der Waals surface area contributed by atoms with E-state index in [0.29, 0.717) is 18.4 Å². The van der Waals surface area contributed by atoms with Gasteiger partial charge in [0.1, 0.15) is 0 Å². The van der Waals surface area contributed by atoms with Crippen molar-refractivity contribution in [3.8, 4) is 0 Å². The maximum atomic E-state index is 13.8. The molecule has 2 aromatic carbocycles. The number of nitrogens with zero attached hydrogens (tertiary/aromatic N) is 4. The van der Waals surface area contributed by atoms with E-state index >= 15 is 0 Å². The lowest BCUT2D eigenvalue weighted by Gasteiger charge is -2.38. The molecule has 0 spiro atoms. The van der Waals surface area contributed by atoms with Crippen LogP contribution >= 0.6 is 0 Å². The van der Waals surface area contributed by atoms with E-state index in [1.807, 2.05) is 72.1 Å². The van der Waals surface area contributed by atoms with Crippen LogP contribution in [0.1, 0.15) is 38.8 Å². The van der Waals surface area contributed by atoms with Crippen molar-refractivity contribution >= 4 is 34.5 Å². The highest BCUT2D eigenvalue weighted by atomic mass is 16.5. The second-order valence-electron chi connectivity index (χ2n) is 9.10. The van der Waals surface area contributed by atoms with Crippen molar-refractivity contribution < 1.29 is 14.3 Å². The smallest absolute Gasteiger partial charge is 0.321 e. The van der Waals surface area contributed by atoms with Crippen LogP contribution in [0.3, 0.4) is 0 Å². The number of carbonyl (C=O) groups is 2. The highest BCUT2D eigenvalue weighted by Crippen LogP contribution is 2.41. The van der Waals surface area contributed by atoms with Crippen molar-refractivity contribution in [1.82, 2.24) is 9.55 Å². The van der Waals surface area contributed by atoms with E-state index in [1.54, 1.807) is 11.8 Å². The molecule has 1 amide bonds. The van der Waals surface area contributed by atoms with E-state index in [4.69, 9.17) is 9.72 Å². The molecule has 4 rings (SSSR count). The monoisotopic (exact) mass is 448 g/mol. The number of esters is 1. The lowest BCUT2D eigenvalue weighted by Crippen LogP contribution is -2.50. The molecule has 0 radical (unpaired) electrons. The molecule has 7 heteroatoms. The Morgan fingerprint density at radius 1 is 1.12 bits per heavy atom. The zero-order chi connectivity index (χ0) is 23.7. The lowest BCUT2D eigenvalue weighted by atomic mass is 9.89. The van der Waals surface area contributed by atoms with Crippen molar-refractivity contribution in [2.45, 2.75) is 33.2 Å². The van der Waals surface area contributed by atoms with Gasteiger partial charge < -0.3 is 14.2 Å². The maximum absolute atomic E-state index is 13.8. The quantitative estimate of drug-likeness (QED) is 0.399. The molecule has 174 valence electrons. The summed E-state index contributed by atoms with van der Waals surface area (Å²) in [5, 5.41) is 0. The maximum Gasteiger partial charge on any atom is 0.321 e. The van der Waals surface area contributed by atoms with Gasteiger partial charge in [0.25, 0.3) is 0 Å². The summed E-state index contributed by atoms with van der Waals surface area (Å²) in [7, 11) is 3.96. The number of amides is 1. The van der Waals surface area contributed by atoms with Gasteiger partial charge in [0.05, 0.1) is 23.7 Å². The molecule has 0 saturated heterocycles. The van der Waals surface area contributed by atoms with Crippen LogP contribution in [0.15, 0.2) is 48.5 Å².